The van der Waals surface area contributed by atoms with E-state index in [4.69, 9.17) is 0 Å². The van der Waals surface area contributed by atoms with Crippen molar-refractivity contribution in [2.24, 2.45) is 0 Å². The maximum absolute atomic E-state index is 12.9. The van der Waals surface area contributed by atoms with Gasteiger partial charge in [0.25, 0.3) is 5.91 Å². The fourth-order valence-electron chi connectivity index (χ4n) is 3.02. The van der Waals surface area contributed by atoms with Crippen LogP contribution in [0, 0.1) is 6.92 Å². The van der Waals surface area contributed by atoms with Crippen LogP contribution in [0.4, 0.5) is 5.69 Å². The lowest BCUT2D eigenvalue weighted by Crippen LogP contribution is -2.44. The van der Waals surface area contributed by atoms with Crippen LogP contribution >= 0.6 is 0 Å². The molecule has 3 heteroatoms. The highest BCUT2D eigenvalue weighted by Crippen LogP contribution is 2.45. The molecule has 108 valence electrons. The monoisotopic (exact) mass is 281 g/mol. The molecular weight excluding hydrogens is 262 g/mol. The summed E-state index contributed by atoms with van der Waals surface area (Å²) >= 11 is 0. The third-order valence-corrected chi connectivity index (χ3v) is 4.04. The Kier molecular flexibility index (Phi) is 3.10. The average molecular weight is 281 g/mol. The van der Waals surface area contributed by atoms with Gasteiger partial charge in [0.15, 0.2) is 5.60 Å². The van der Waals surface area contributed by atoms with E-state index in [1.165, 1.54) is 0 Å². The molecular formula is C18H19NO2. The maximum atomic E-state index is 12.9. The van der Waals surface area contributed by atoms with Gasteiger partial charge in [0.2, 0.25) is 0 Å². The van der Waals surface area contributed by atoms with Crippen LogP contribution in [0.2, 0.25) is 0 Å². The van der Waals surface area contributed by atoms with Crippen molar-refractivity contribution in [1.82, 2.24) is 0 Å². The Labute approximate surface area is 124 Å². The Bertz CT molecular complexity index is 694. The largest absolute Gasteiger partial charge is 0.372 e. The number of aryl methyl sites for hydroxylation is 1. The Morgan fingerprint density at radius 1 is 1.10 bits per heavy atom. The molecule has 0 saturated carbocycles. The number of rotatable bonds is 2. The molecule has 0 aliphatic carbocycles. The molecule has 21 heavy (non-hydrogen) atoms. The SMILES string of the molecule is Cc1ccc2c(c1)C(O)(c1ccccc1)C(=O)N2C(C)C. The van der Waals surface area contributed by atoms with E-state index >= 15 is 0 Å². The minimum Gasteiger partial charge on any atom is -0.372 e. The highest BCUT2D eigenvalue weighted by atomic mass is 16.3. The fraction of sp³-hybridized carbons (Fsp3) is 0.278. The van der Waals surface area contributed by atoms with E-state index in [2.05, 4.69) is 0 Å². The Morgan fingerprint density at radius 2 is 1.76 bits per heavy atom. The molecule has 1 amide bonds. The molecule has 1 aliphatic rings. The number of anilines is 1. The lowest BCUT2D eigenvalue weighted by molar-refractivity contribution is -0.132. The zero-order chi connectivity index (χ0) is 15.2. The van der Waals surface area contributed by atoms with Crippen LogP contribution in [-0.4, -0.2) is 17.1 Å². The van der Waals surface area contributed by atoms with Crippen LogP contribution in [0.5, 0.6) is 0 Å². The van der Waals surface area contributed by atoms with Crippen molar-refractivity contribution >= 4 is 11.6 Å². The van der Waals surface area contributed by atoms with Gasteiger partial charge < -0.3 is 10.0 Å². The summed E-state index contributed by atoms with van der Waals surface area (Å²) in [5, 5.41) is 11.2. The van der Waals surface area contributed by atoms with Gasteiger partial charge in [-0.25, -0.2) is 0 Å². The van der Waals surface area contributed by atoms with Gasteiger partial charge >= 0.3 is 0 Å². The highest BCUT2D eigenvalue weighted by molar-refractivity contribution is 6.09. The van der Waals surface area contributed by atoms with Gasteiger partial charge in [0.05, 0.1) is 5.69 Å². The van der Waals surface area contributed by atoms with E-state index in [1.54, 1.807) is 17.0 Å². The predicted octanol–water partition coefficient (Wildman–Crippen LogP) is 2.99. The number of fused-ring (bicyclic) bond motifs is 1. The quantitative estimate of drug-likeness (QED) is 0.919. The summed E-state index contributed by atoms with van der Waals surface area (Å²) < 4.78 is 0. The van der Waals surface area contributed by atoms with E-state index in [0.717, 1.165) is 11.3 Å². The summed E-state index contributed by atoms with van der Waals surface area (Å²) in [6.45, 7) is 5.88. The van der Waals surface area contributed by atoms with E-state index in [-0.39, 0.29) is 11.9 Å². The molecule has 3 nitrogen and oxygen atoms in total. The van der Waals surface area contributed by atoms with E-state index < -0.39 is 5.60 Å². The zero-order valence-corrected chi connectivity index (χ0v) is 12.5. The van der Waals surface area contributed by atoms with Gasteiger partial charge in [-0.2, -0.15) is 0 Å². The topological polar surface area (TPSA) is 40.5 Å². The number of hydrogen-bond acceptors (Lipinski definition) is 2. The Balaban J connectivity index is 2.28. The molecule has 3 rings (SSSR count). The number of hydrogen-bond donors (Lipinski definition) is 1. The third kappa shape index (κ3) is 1.88. The van der Waals surface area contributed by atoms with Gasteiger partial charge in [-0.1, -0.05) is 48.0 Å². The number of carbonyl (C=O) groups excluding carboxylic acids is 1. The lowest BCUT2D eigenvalue weighted by atomic mass is 9.87. The molecule has 0 fully saturated rings. The average Bonchev–Trinajstić information content (AvgIpc) is 2.70. The summed E-state index contributed by atoms with van der Waals surface area (Å²) in [6, 6.07) is 15.0. The maximum Gasteiger partial charge on any atom is 0.268 e. The number of nitrogens with zero attached hydrogens (tertiary/aromatic N) is 1. The molecule has 2 aromatic carbocycles. The van der Waals surface area contributed by atoms with Crippen LogP contribution in [-0.2, 0) is 10.4 Å². The van der Waals surface area contributed by atoms with Crippen molar-refractivity contribution in [2.75, 3.05) is 4.90 Å². The predicted molar refractivity (Wildman–Crippen MR) is 83.2 cm³/mol. The minimum absolute atomic E-state index is 0.00306. The lowest BCUT2D eigenvalue weighted by Gasteiger charge is -2.25. The van der Waals surface area contributed by atoms with Crippen LogP contribution < -0.4 is 4.90 Å². The summed E-state index contributed by atoms with van der Waals surface area (Å²) in [4.78, 5) is 14.6. The molecule has 2 aromatic rings. The zero-order valence-electron chi connectivity index (χ0n) is 12.5. The first-order chi connectivity index (χ1) is 9.96. The number of aliphatic hydroxyl groups is 1. The summed E-state index contributed by atoms with van der Waals surface area (Å²) in [6.07, 6.45) is 0. The van der Waals surface area contributed by atoms with Crippen LogP contribution in [0.15, 0.2) is 48.5 Å². The Morgan fingerprint density at radius 3 is 2.38 bits per heavy atom. The van der Waals surface area contributed by atoms with Crippen molar-refractivity contribution in [1.29, 1.82) is 0 Å². The number of carbonyl (C=O) groups is 1. The van der Waals surface area contributed by atoms with E-state index in [0.29, 0.717) is 11.1 Å². The number of amides is 1. The van der Waals surface area contributed by atoms with Crippen molar-refractivity contribution in [2.45, 2.75) is 32.4 Å². The molecule has 0 aromatic heterocycles. The summed E-state index contributed by atoms with van der Waals surface area (Å²) in [5.41, 5.74) is 1.53. The third-order valence-electron chi connectivity index (χ3n) is 4.04. The van der Waals surface area contributed by atoms with Gasteiger partial charge in [0, 0.05) is 11.6 Å². The molecule has 0 radical (unpaired) electrons. The second-order valence-corrected chi connectivity index (χ2v) is 5.87. The van der Waals surface area contributed by atoms with Crippen LogP contribution in [0.25, 0.3) is 0 Å². The van der Waals surface area contributed by atoms with E-state index in [9.17, 15) is 9.90 Å². The van der Waals surface area contributed by atoms with Crippen molar-refractivity contribution in [3.63, 3.8) is 0 Å². The minimum atomic E-state index is -1.59. The first-order valence-corrected chi connectivity index (χ1v) is 7.19. The van der Waals surface area contributed by atoms with Crippen molar-refractivity contribution in [3.8, 4) is 0 Å². The van der Waals surface area contributed by atoms with Gasteiger partial charge in [0.1, 0.15) is 0 Å². The summed E-state index contributed by atoms with van der Waals surface area (Å²) in [5.74, 6) is -0.274. The second kappa shape index (κ2) is 4.71. The van der Waals surface area contributed by atoms with Gasteiger partial charge in [-0.15, -0.1) is 0 Å². The number of benzene rings is 2. The standard InChI is InChI=1S/C18H19NO2/c1-12(2)19-16-10-9-13(3)11-15(16)18(21,17(19)20)14-7-5-4-6-8-14/h4-12,21H,1-3H3. The highest BCUT2D eigenvalue weighted by Gasteiger charge is 2.51. The van der Waals surface area contributed by atoms with Crippen molar-refractivity contribution in [3.05, 3.63) is 65.2 Å². The second-order valence-electron chi connectivity index (χ2n) is 5.87. The Hall–Kier alpha value is -2.13. The van der Waals surface area contributed by atoms with Crippen LogP contribution in [0.1, 0.15) is 30.5 Å². The first kappa shape index (κ1) is 13.8. The van der Waals surface area contributed by atoms with Gasteiger partial charge in [-0.3, -0.25) is 4.79 Å². The normalized spacial score (nSPS) is 21.0. The van der Waals surface area contributed by atoms with E-state index in [1.807, 2.05) is 57.2 Å². The smallest absolute Gasteiger partial charge is 0.268 e. The van der Waals surface area contributed by atoms with Crippen LogP contribution in [0.3, 0.4) is 0 Å². The molecule has 1 heterocycles. The molecule has 0 spiro atoms. The van der Waals surface area contributed by atoms with Gasteiger partial charge in [-0.05, 0) is 32.4 Å². The van der Waals surface area contributed by atoms with Crippen molar-refractivity contribution < 1.29 is 9.90 Å². The fourth-order valence-corrected chi connectivity index (χ4v) is 3.02. The summed E-state index contributed by atoms with van der Waals surface area (Å²) in [7, 11) is 0. The molecule has 1 aliphatic heterocycles. The first-order valence-electron chi connectivity index (χ1n) is 7.19. The molecule has 0 bridgehead atoms. The molecule has 1 atom stereocenters. The molecule has 1 unspecified atom stereocenters. The molecule has 1 N–H and O–H groups in total. The molecule has 0 saturated heterocycles.